The highest BCUT2D eigenvalue weighted by Gasteiger charge is 2.16. The molecule has 0 heterocycles. The van der Waals surface area contributed by atoms with Crippen LogP contribution in [-0.4, -0.2) is 35.1 Å². The Hall–Kier alpha value is -2.12. The zero-order valence-corrected chi connectivity index (χ0v) is 12.3. The molecule has 0 rings (SSSR count). The van der Waals surface area contributed by atoms with E-state index in [0.29, 0.717) is 0 Å². The van der Waals surface area contributed by atoms with Gasteiger partial charge in [0.25, 0.3) is 0 Å². The summed E-state index contributed by atoms with van der Waals surface area (Å²) in [5, 5.41) is 19.6. The van der Waals surface area contributed by atoms with E-state index in [4.69, 9.17) is 0 Å². The van der Waals surface area contributed by atoms with Gasteiger partial charge >= 0.3 is 11.9 Å². The van der Waals surface area contributed by atoms with Crippen molar-refractivity contribution in [3.63, 3.8) is 0 Å². The Morgan fingerprint density at radius 1 is 0.650 bits per heavy atom. The first-order valence-electron chi connectivity index (χ1n) is 5.54. The molecule has 0 N–H and O–H groups in total. The van der Waals surface area contributed by atoms with Crippen LogP contribution in [0.4, 0.5) is 0 Å². The fourth-order valence-electron chi connectivity index (χ4n) is 0.640. The van der Waals surface area contributed by atoms with Crippen molar-refractivity contribution in [1.29, 1.82) is 0 Å². The number of hydrogen-bond donors (Lipinski definition) is 0. The third-order valence-electron chi connectivity index (χ3n) is 1.13. The van der Waals surface area contributed by atoms with Gasteiger partial charge in [-0.15, -0.1) is 0 Å². The van der Waals surface area contributed by atoms with Gasteiger partial charge in [-0.1, -0.05) is 0 Å². The van der Waals surface area contributed by atoms with Crippen molar-refractivity contribution in [3.8, 4) is 0 Å². The summed E-state index contributed by atoms with van der Waals surface area (Å²) in [5.74, 6) is -6.27. The number of carboxylic acids is 2. The molecule has 0 spiro atoms. The number of aliphatic carboxylic acids is 2. The second-order valence-electron chi connectivity index (χ2n) is 5.58. The summed E-state index contributed by atoms with van der Waals surface area (Å²) in [6.45, 7) is 9.46. The molecule has 0 saturated carbocycles. The van der Waals surface area contributed by atoms with Crippen molar-refractivity contribution >= 4 is 23.9 Å². The Bertz CT molecular complexity index is 345. The lowest BCUT2D eigenvalue weighted by molar-refractivity contribution is -0.305. The number of rotatable bonds is 0. The fourth-order valence-corrected chi connectivity index (χ4v) is 0.640. The molecule has 8 nitrogen and oxygen atoms in total. The highest BCUT2D eigenvalue weighted by Crippen LogP contribution is 2.06. The summed E-state index contributed by atoms with van der Waals surface area (Å²) in [7, 11) is 0. The number of ether oxygens (including phenoxy) is 2. The summed E-state index contributed by atoms with van der Waals surface area (Å²) in [6, 6.07) is 0. The number of esters is 2. The van der Waals surface area contributed by atoms with Crippen LogP contribution in [0.3, 0.4) is 0 Å². The molecule has 0 bridgehead atoms. The maximum atomic E-state index is 10.3. The Morgan fingerprint density at radius 3 is 0.900 bits per heavy atom. The van der Waals surface area contributed by atoms with E-state index >= 15 is 0 Å². The topological polar surface area (TPSA) is 133 Å². The summed E-state index contributed by atoms with van der Waals surface area (Å²) in [6.07, 6.45) is 0. The zero-order chi connectivity index (χ0) is 16.7. The standard InChI is InChI=1S/2C6H10O4/c2*1-6(2,3)10-5(9)4(7)8/h2*1-3H3,(H,7,8)/p-2. The normalized spacial score (nSPS) is 10.7. The van der Waals surface area contributed by atoms with Gasteiger partial charge in [0.15, 0.2) is 11.9 Å². The molecule has 8 heteroatoms. The smallest absolute Gasteiger partial charge is 0.354 e. The monoisotopic (exact) mass is 290 g/mol. The largest absolute Gasteiger partial charge is 0.539 e. The van der Waals surface area contributed by atoms with Crippen LogP contribution >= 0.6 is 0 Å². The predicted molar refractivity (Wildman–Crippen MR) is 61.7 cm³/mol. The van der Waals surface area contributed by atoms with Crippen molar-refractivity contribution in [2.45, 2.75) is 52.7 Å². The molecule has 20 heavy (non-hydrogen) atoms. The number of carboxylic acid groups (broad SMARTS) is 2. The molecule has 116 valence electrons. The van der Waals surface area contributed by atoms with E-state index in [1.807, 2.05) is 0 Å². The zero-order valence-electron chi connectivity index (χ0n) is 12.3. The molecule has 0 aliphatic rings. The summed E-state index contributed by atoms with van der Waals surface area (Å²) in [4.78, 5) is 40.1. The van der Waals surface area contributed by atoms with Crippen LogP contribution in [0, 0.1) is 0 Å². The lowest BCUT2D eigenvalue weighted by Gasteiger charge is -2.19. The maximum absolute atomic E-state index is 10.3. The predicted octanol–water partition coefficient (Wildman–Crippen LogP) is -1.84. The van der Waals surface area contributed by atoms with Crippen molar-refractivity contribution in [2.24, 2.45) is 0 Å². The van der Waals surface area contributed by atoms with Gasteiger partial charge in [-0.2, -0.15) is 0 Å². The van der Waals surface area contributed by atoms with Crippen LogP contribution in [0.25, 0.3) is 0 Å². The van der Waals surface area contributed by atoms with E-state index in [-0.39, 0.29) is 0 Å². The van der Waals surface area contributed by atoms with E-state index in [1.54, 1.807) is 41.5 Å². The Balaban J connectivity index is 0. The van der Waals surface area contributed by atoms with E-state index < -0.39 is 35.1 Å². The summed E-state index contributed by atoms with van der Waals surface area (Å²) >= 11 is 0. The second kappa shape index (κ2) is 7.46. The van der Waals surface area contributed by atoms with Gasteiger partial charge in [0.2, 0.25) is 0 Å². The van der Waals surface area contributed by atoms with Gasteiger partial charge < -0.3 is 29.3 Å². The van der Waals surface area contributed by atoms with Gasteiger partial charge in [0.1, 0.15) is 11.2 Å². The van der Waals surface area contributed by atoms with Crippen LogP contribution in [-0.2, 0) is 28.7 Å². The molecule has 0 fully saturated rings. The molecule has 0 aromatic carbocycles. The average molecular weight is 290 g/mol. The Kier molecular flexibility index (Phi) is 7.54. The van der Waals surface area contributed by atoms with Gasteiger partial charge in [0, 0.05) is 0 Å². The highest BCUT2D eigenvalue weighted by atomic mass is 16.6. The third-order valence-corrected chi connectivity index (χ3v) is 1.13. The van der Waals surface area contributed by atoms with Crippen molar-refractivity contribution in [3.05, 3.63) is 0 Å². The second-order valence-corrected chi connectivity index (χ2v) is 5.58. The van der Waals surface area contributed by atoms with Gasteiger partial charge in [-0.3, -0.25) is 0 Å². The molecule has 0 unspecified atom stereocenters. The van der Waals surface area contributed by atoms with E-state index in [9.17, 15) is 29.4 Å². The van der Waals surface area contributed by atoms with Crippen LogP contribution < -0.4 is 10.2 Å². The fraction of sp³-hybridized carbons (Fsp3) is 0.667. The molecular weight excluding hydrogens is 272 g/mol. The number of carbonyl (C=O) groups is 4. The van der Waals surface area contributed by atoms with Crippen LogP contribution in [0.1, 0.15) is 41.5 Å². The van der Waals surface area contributed by atoms with Crippen molar-refractivity contribution < 1.29 is 38.9 Å². The minimum absolute atomic E-state index is 0.767. The lowest BCUT2D eigenvalue weighted by Crippen LogP contribution is -2.37. The van der Waals surface area contributed by atoms with Gasteiger partial charge in [0.05, 0.1) is 0 Å². The third kappa shape index (κ3) is 13.9. The maximum Gasteiger partial charge on any atom is 0.354 e. The Morgan fingerprint density at radius 2 is 0.850 bits per heavy atom. The molecule has 0 saturated heterocycles. The minimum Gasteiger partial charge on any atom is -0.539 e. The molecule has 0 aromatic heterocycles. The molecule has 0 atom stereocenters. The first-order valence-corrected chi connectivity index (χ1v) is 5.54. The van der Waals surface area contributed by atoms with Crippen LogP contribution in [0.5, 0.6) is 0 Å². The minimum atomic E-state index is -1.81. The first kappa shape index (κ1) is 20.2. The van der Waals surface area contributed by atoms with E-state index in [2.05, 4.69) is 9.47 Å². The molecule has 0 aromatic rings. The SMILES string of the molecule is CC(C)(C)OC(=O)C(=O)[O-].CC(C)(C)OC(=O)C(=O)[O-]. The number of carbonyl (C=O) groups excluding carboxylic acids is 4. The van der Waals surface area contributed by atoms with E-state index in [1.165, 1.54) is 0 Å². The van der Waals surface area contributed by atoms with Gasteiger partial charge in [-0.05, 0) is 41.5 Å². The molecule has 0 aliphatic carbocycles. The van der Waals surface area contributed by atoms with Gasteiger partial charge in [-0.25, -0.2) is 9.59 Å². The summed E-state index contributed by atoms with van der Waals surface area (Å²) < 4.78 is 8.80. The molecule has 0 amide bonds. The average Bonchev–Trinajstić information content (AvgIpc) is 2.12. The highest BCUT2D eigenvalue weighted by molar-refractivity contribution is 6.28. The Labute approximate surface area is 116 Å². The lowest BCUT2D eigenvalue weighted by atomic mass is 10.2. The molecular formula is C12H18O8-2. The van der Waals surface area contributed by atoms with Crippen molar-refractivity contribution in [1.82, 2.24) is 0 Å². The summed E-state index contributed by atoms with van der Waals surface area (Å²) in [5.41, 5.74) is -1.53. The van der Waals surface area contributed by atoms with Crippen molar-refractivity contribution in [2.75, 3.05) is 0 Å². The molecule has 0 aliphatic heterocycles. The van der Waals surface area contributed by atoms with Crippen LogP contribution in [0.15, 0.2) is 0 Å². The van der Waals surface area contributed by atoms with E-state index in [0.717, 1.165) is 0 Å². The molecule has 0 radical (unpaired) electrons. The van der Waals surface area contributed by atoms with Crippen LogP contribution in [0.2, 0.25) is 0 Å². The quantitative estimate of drug-likeness (QED) is 0.375. The number of hydrogen-bond acceptors (Lipinski definition) is 8. The first-order chi connectivity index (χ1) is 8.65.